The molecule has 2 rings (SSSR count). The van der Waals surface area contributed by atoms with Crippen LogP contribution >= 0.6 is 0 Å². The molecule has 1 N–H and O–H groups in total. The Kier molecular flexibility index (Phi) is 2.49. The van der Waals surface area contributed by atoms with Gasteiger partial charge in [-0.25, -0.2) is 0 Å². The Morgan fingerprint density at radius 1 is 1.07 bits per heavy atom. The van der Waals surface area contributed by atoms with E-state index >= 15 is 0 Å². The molecule has 1 aromatic rings. The molecule has 1 aliphatic rings. The Hall–Kier alpha value is -1.72. The van der Waals surface area contributed by atoms with Gasteiger partial charge in [0.2, 0.25) is 0 Å². The highest BCUT2D eigenvalue weighted by atomic mass is 14.9. The van der Waals surface area contributed by atoms with Gasteiger partial charge in [0.05, 0.1) is 5.70 Å². The minimum absolute atomic E-state index is 1.03. The first-order valence-corrected chi connectivity index (χ1v) is 5.15. The van der Waals surface area contributed by atoms with Crippen LogP contribution in [-0.4, -0.2) is 0 Å². The van der Waals surface area contributed by atoms with E-state index < -0.39 is 0 Å². The molecule has 1 heteroatoms. The van der Waals surface area contributed by atoms with Crippen LogP contribution in [0.5, 0.6) is 0 Å². The topological polar surface area (TPSA) is 12.0 Å². The Labute approximate surface area is 90.8 Å². The number of allylic oxidation sites excluding steroid dienone is 2. The fourth-order valence-corrected chi connectivity index (χ4v) is 1.92. The highest BCUT2D eigenvalue weighted by molar-refractivity contribution is 5.62. The van der Waals surface area contributed by atoms with Gasteiger partial charge in [0.1, 0.15) is 0 Å². The van der Waals surface area contributed by atoms with E-state index in [0.717, 1.165) is 5.70 Å². The lowest BCUT2D eigenvalue weighted by molar-refractivity contribution is 1.30. The number of hydrogen-bond acceptors (Lipinski definition) is 1. The van der Waals surface area contributed by atoms with E-state index in [4.69, 9.17) is 0 Å². The quantitative estimate of drug-likeness (QED) is 0.714. The number of benzene rings is 1. The van der Waals surface area contributed by atoms with Crippen molar-refractivity contribution in [3.8, 4) is 0 Å². The van der Waals surface area contributed by atoms with Gasteiger partial charge in [-0.15, -0.1) is 0 Å². The van der Waals surface area contributed by atoms with Crippen LogP contribution in [0.25, 0.3) is 0 Å². The second-order valence-corrected chi connectivity index (χ2v) is 3.98. The third kappa shape index (κ3) is 2.03. The standard InChI is InChI=1S/C14H15N/c1-10-8-11(2)14(12(3)9-10)15-13-6-4-5-7-13/h4-6,8-9,15H,1-3H3. The molecule has 0 aliphatic heterocycles. The second-order valence-electron chi connectivity index (χ2n) is 3.98. The van der Waals surface area contributed by atoms with Gasteiger partial charge in [0, 0.05) is 5.69 Å². The van der Waals surface area contributed by atoms with Crippen LogP contribution < -0.4 is 5.32 Å². The molecule has 1 aromatic carbocycles. The van der Waals surface area contributed by atoms with Gasteiger partial charge in [-0.2, -0.15) is 0 Å². The van der Waals surface area contributed by atoms with Crippen LogP contribution in [0.1, 0.15) is 16.7 Å². The summed E-state index contributed by atoms with van der Waals surface area (Å²) in [5.41, 5.74) is 9.24. The summed E-state index contributed by atoms with van der Waals surface area (Å²) in [7, 11) is 0. The summed E-state index contributed by atoms with van der Waals surface area (Å²) >= 11 is 0. The van der Waals surface area contributed by atoms with Crippen molar-refractivity contribution in [2.75, 3.05) is 5.32 Å². The summed E-state index contributed by atoms with van der Waals surface area (Å²) < 4.78 is 0. The van der Waals surface area contributed by atoms with Crippen LogP contribution in [0.4, 0.5) is 5.69 Å². The third-order valence-electron chi connectivity index (χ3n) is 2.53. The maximum absolute atomic E-state index is 3.39. The van der Waals surface area contributed by atoms with Crippen LogP contribution in [0.2, 0.25) is 0 Å². The van der Waals surface area contributed by atoms with Crippen LogP contribution in [0.15, 0.2) is 41.8 Å². The van der Waals surface area contributed by atoms with Gasteiger partial charge in [-0.3, -0.25) is 0 Å². The van der Waals surface area contributed by atoms with E-state index in [1.165, 1.54) is 22.4 Å². The number of aryl methyl sites for hydroxylation is 3. The highest BCUT2D eigenvalue weighted by Gasteiger charge is 2.04. The minimum atomic E-state index is 1.03. The summed E-state index contributed by atoms with van der Waals surface area (Å²) in [6.45, 7) is 6.38. The number of anilines is 1. The first-order valence-electron chi connectivity index (χ1n) is 5.15. The molecule has 76 valence electrons. The largest absolute Gasteiger partial charge is 0.349 e. The van der Waals surface area contributed by atoms with E-state index in [0.29, 0.717) is 0 Å². The summed E-state index contributed by atoms with van der Waals surface area (Å²) in [6, 6.07) is 4.39. The average molecular weight is 197 g/mol. The van der Waals surface area contributed by atoms with Crippen molar-refractivity contribution in [2.45, 2.75) is 20.8 Å². The molecule has 1 aliphatic carbocycles. The molecule has 15 heavy (non-hydrogen) atoms. The Morgan fingerprint density at radius 3 is 2.27 bits per heavy atom. The molecule has 0 fully saturated rings. The highest BCUT2D eigenvalue weighted by Crippen LogP contribution is 2.23. The predicted octanol–water partition coefficient (Wildman–Crippen LogP) is 3.63. The fourth-order valence-electron chi connectivity index (χ4n) is 1.92. The Bertz CT molecular complexity index is 463. The van der Waals surface area contributed by atoms with Crippen molar-refractivity contribution in [3.63, 3.8) is 0 Å². The molecule has 0 atom stereocenters. The summed E-state index contributed by atoms with van der Waals surface area (Å²) in [4.78, 5) is 0. The van der Waals surface area contributed by atoms with Crippen molar-refractivity contribution in [2.24, 2.45) is 0 Å². The van der Waals surface area contributed by atoms with Crippen LogP contribution in [0, 0.1) is 20.8 Å². The second kappa shape index (κ2) is 3.80. The monoisotopic (exact) mass is 197 g/mol. The maximum Gasteiger partial charge on any atom is 0.0818 e. The molecule has 0 aromatic heterocycles. The third-order valence-corrected chi connectivity index (χ3v) is 2.53. The molecule has 0 bridgehead atoms. The SMILES string of the molecule is Cc1cc(C)c(NC2=C=CC=C2)c(C)c1. The summed E-state index contributed by atoms with van der Waals surface area (Å²) in [6.07, 6.45) is 5.93. The Balaban J connectivity index is 2.36. The molecule has 0 saturated carbocycles. The lowest BCUT2D eigenvalue weighted by Gasteiger charge is -2.12. The minimum Gasteiger partial charge on any atom is -0.349 e. The van der Waals surface area contributed by atoms with Gasteiger partial charge >= 0.3 is 0 Å². The maximum atomic E-state index is 3.39. The average Bonchev–Trinajstić information content (AvgIpc) is 2.63. The predicted molar refractivity (Wildman–Crippen MR) is 65.0 cm³/mol. The lowest BCUT2D eigenvalue weighted by atomic mass is 10.0. The van der Waals surface area contributed by atoms with Crippen molar-refractivity contribution in [1.29, 1.82) is 0 Å². The number of nitrogens with one attached hydrogen (secondary N) is 1. The molecule has 0 amide bonds. The van der Waals surface area contributed by atoms with Gasteiger partial charge < -0.3 is 5.32 Å². The summed E-state index contributed by atoms with van der Waals surface area (Å²) in [5, 5.41) is 3.39. The fraction of sp³-hybridized carbons (Fsp3) is 0.214. The molecule has 0 unspecified atom stereocenters. The zero-order valence-electron chi connectivity index (χ0n) is 9.39. The van der Waals surface area contributed by atoms with Crippen LogP contribution in [0.3, 0.4) is 0 Å². The summed E-state index contributed by atoms with van der Waals surface area (Å²) in [5.74, 6) is 0. The lowest BCUT2D eigenvalue weighted by Crippen LogP contribution is -2.00. The normalized spacial score (nSPS) is 13.1. The van der Waals surface area contributed by atoms with Crippen molar-refractivity contribution < 1.29 is 0 Å². The molecule has 0 heterocycles. The van der Waals surface area contributed by atoms with Gasteiger partial charge in [0.25, 0.3) is 0 Å². The molecule has 0 radical (unpaired) electrons. The van der Waals surface area contributed by atoms with Gasteiger partial charge in [0.15, 0.2) is 0 Å². The molecule has 1 nitrogen and oxygen atoms in total. The van der Waals surface area contributed by atoms with Crippen molar-refractivity contribution in [3.05, 3.63) is 58.5 Å². The van der Waals surface area contributed by atoms with E-state index in [9.17, 15) is 0 Å². The zero-order valence-corrected chi connectivity index (χ0v) is 9.39. The molecular formula is C14H15N. The zero-order chi connectivity index (χ0) is 10.8. The first kappa shape index (κ1) is 9.82. The van der Waals surface area contributed by atoms with Crippen molar-refractivity contribution in [1.82, 2.24) is 0 Å². The molecule has 0 saturated heterocycles. The van der Waals surface area contributed by atoms with E-state index in [2.05, 4.69) is 44.0 Å². The van der Waals surface area contributed by atoms with Gasteiger partial charge in [-0.05, 0) is 44.1 Å². The van der Waals surface area contributed by atoms with Gasteiger partial charge in [-0.1, -0.05) is 29.5 Å². The van der Waals surface area contributed by atoms with E-state index in [1.54, 1.807) is 0 Å². The molecule has 0 spiro atoms. The molecular weight excluding hydrogens is 182 g/mol. The first-order chi connectivity index (χ1) is 7.16. The van der Waals surface area contributed by atoms with E-state index in [-0.39, 0.29) is 0 Å². The van der Waals surface area contributed by atoms with E-state index in [1.807, 2.05) is 18.2 Å². The van der Waals surface area contributed by atoms with Crippen LogP contribution in [-0.2, 0) is 0 Å². The number of rotatable bonds is 2. The Morgan fingerprint density at radius 2 is 1.73 bits per heavy atom. The number of hydrogen-bond donors (Lipinski definition) is 1. The van der Waals surface area contributed by atoms with Crippen molar-refractivity contribution >= 4 is 5.69 Å². The smallest absolute Gasteiger partial charge is 0.0818 e.